The standard InChI is InChI=1S/C28H38N2O2S/c1-3-26(28(32)29-25-15-8-5-9-16-25)30(18-17-23-12-6-4-7-13-23)27(31)21-33-20-24-14-10-11-22(2)19-24/h4,6-7,10-14,19,25-26H,3,5,8-9,15-18,20-21H2,1-2H3,(H,29,32). The van der Waals surface area contributed by atoms with Crippen LogP contribution in [0.1, 0.15) is 62.1 Å². The van der Waals surface area contributed by atoms with Crippen molar-refractivity contribution in [2.75, 3.05) is 12.3 Å². The van der Waals surface area contributed by atoms with Crippen LogP contribution in [0.4, 0.5) is 0 Å². The van der Waals surface area contributed by atoms with E-state index < -0.39 is 6.04 Å². The smallest absolute Gasteiger partial charge is 0.243 e. The van der Waals surface area contributed by atoms with Gasteiger partial charge >= 0.3 is 0 Å². The highest BCUT2D eigenvalue weighted by atomic mass is 32.2. The number of carbonyl (C=O) groups is 2. The Kier molecular flexibility index (Phi) is 10.3. The number of thioether (sulfide) groups is 1. The minimum absolute atomic E-state index is 0.00879. The fraction of sp³-hybridized carbons (Fsp3) is 0.500. The van der Waals surface area contributed by atoms with Crippen molar-refractivity contribution in [3.63, 3.8) is 0 Å². The van der Waals surface area contributed by atoms with Crippen molar-refractivity contribution in [2.24, 2.45) is 0 Å². The predicted octanol–water partition coefficient (Wildman–Crippen LogP) is 5.53. The molecule has 0 aromatic heterocycles. The second kappa shape index (κ2) is 13.4. The Morgan fingerprint density at radius 3 is 2.45 bits per heavy atom. The average Bonchev–Trinajstić information content (AvgIpc) is 2.83. The highest BCUT2D eigenvalue weighted by Gasteiger charge is 2.29. The summed E-state index contributed by atoms with van der Waals surface area (Å²) in [5.41, 5.74) is 3.64. The molecule has 33 heavy (non-hydrogen) atoms. The zero-order valence-corrected chi connectivity index (χ0v) is 20.9. The molecular weight excluding hydrogens is 428 g/mol. The number of nitrogens with zero attached hydrogens (tertiary/aromatic N) is 1. The van der Waals surface area contributed by atoms with E-state index in [1.807, 2.05) is 30.0 Å². The Morgan fingerprint density at radius 2 is 1.76 bits per heavy atom. The van der Waals surface area contributed by atoms with Crippen LogP contribution in [-0.4, -0.2) is 41.1 Å². The largest absolute Gasteiger partial charge is 0.352 e. The van der Waals surface area contributed by atoms with E-state index in [2.05, 4.69) is 48.6 Å². The first kappa shape index (κ1) is 25.4. The molecule has 2 aromatic rings. The second-order valence-corrected chi connectivity index (χ2v) is 10.1. The van der Waals surface area contributed by atoms with Crippen molar-refractivity contribution in [2.45, 2.75) is 76.6 Å². The minimum Gasteiger partial charge on any atom is -0.352 e. The molecule has 1 atom stereocenters. The maximum atomic E-state index is 13.3. The lowest BCUT2D eigenvalue weighted by atomic mass is 9.95. The third-order valence-electron chi connectivity index (χ3n) is 6.40. The zero-order valence-electron chi connectivity index (χ0n) is 20.1. The summed E-state index contributed by atoms with van der Waals surface area (Å²) < 4.78 is 0. The van der Waals surface area contributed by atoms with Gasteiger partial charge in [-0.3, -0.25) is 9.59 Å². The summed E-state index contributed by atoms with van der Waals surface area (Å²) in [5.74, 6) is 1.24. The van der Waals surface area contributed by atoms with Crippen LogP contribution in [0.25, 0.3) is 0 Å². The van der Waals surface area contributed by atoms with Crippen molar-refractivity contribution in [1.82, 2.24) is 10.2 Å². The molecule has 5 heteroatoms. The molecule has 0 radical (unpaired) electrons. The first-order valence-electron chi connectivity index (χ1n) is 12.3. The second-order valence-electron chi connectivity index (χ2n) is 9.07. The lowest BCUT2D eigenvalue weighted by molar-refractivity contribution is -0.139. The molecule has 178 valence electrons. The monoisotopic (exact) mass is 466 g/mol. The summed E-state index contributed by atoms with van der Waals surface area (Å²) >= 11 is 1.63. The summed E-state index contributed by atoms with van der Waals surface area (Å²) in [7, 11) is 0. The summed E-state index contributed by atoms with van der Waals surface area (Å²) in [5, 5.41) is 3.25. The van der Waals surface area contributed by atoms with Crippen LogP contribution < -0.4 is 5.32 Å². The van der Waals surface area contributed by atoms with Crippen LogP contribution in [0, 0.1) is 6.92 Å². The van der Waals surface area contributed by atoms with Gasteiger partial charge in [-0.15, -0.1) is 11.8 Å². The molecule has 0 saturated heterocycles. The number of amides is 2. The van der Waals surface area contributed by atoms with Crippen molar-refractivity contribution in [1.29, 1.82) is 0 Å². The highest BCUT2D eigenvalue weighted by Crippen LogP contribution is 2.19. The maximum Gasteiger partial charge on any atom is 0.243 e. The number of nitrogens with one attached hydrogen (secondary N) is 1. The first-order valence-corrected chi connectivity index (χ1v) is 13.5. The summed E-state index contributed by atoms with van der Waals surface area (Å²) in [6.07, 6.45) is 7.08. The topological polar surface area (TPSA) is 49.4 Å². The molecule has 1 aliphatic rings. The van der Waals surface area contributed by atoms with Crippen molar-refractivity contribution in [3.05, 3.63) is 71.3 Å². The van der Waals surface area contributed by atoms with Crippen LogP contribution in [0.2, 0.25) is 0 Å². The third kappa shape index (κ3) is 8.22. The lowest BCUT2D eigenvalue weighted by Gasteiger charge is -2.32. The van der Waals surface area contributed by atoms with E-state index in [9.17, 15) is 9.59 Å². The fourth-order valence-electron chi connectivity index (χ4n) is 4.58. The quantitative estimate of drug-likeness (QED) is 0.474. The summed E-state index contributed by atoms with van der Waals surface area (Å²) in [4.78, 5) is 28.4. The van der Waals surface area contributed by atoms with Crippen molar-refractivity contribution < 1.29 is 9.59 Å². The van der Waals surface area contributed by atoms with E-state index >= 15 is 0 Å². The molecule has 1 fully saturated rings. The molecule has 1 saturated carbocycles. The van der Waals surface area contributed by atoms with E-state index in [1.54, 1.807) is 11.8 Å². The van der Waals surface area contributed by atoms with Crippen molar-refractivity contribution in [3.8, 4) is 0 Å². The fourth-order valence-corrected chi connectivity index (χ4v) is 5.44. The molecule has 1 unspecified atom stereocenters. The van der Waals surface area contributed by atoms with E-state index in [4.69, 9.17) is 0 Å². The molecule has 1 aliphatic carbocycles. The molecule has 1 N–H and O–H groups in total. The molecule has 3 rings (SSSR count). The highest BCUT2D eigenvalue weighted by molar-refractivity contribution is 7.99. The lowest BCUT2D eigenvalue weighted by Crippen LogP contribution is -2.52. The van der Waals surface area contributed by atoms with E-state index in [0.717, 1.165) is 25.0 Å². The summed E-state index contributed by atoms with van der Waals surface area (Å²) in [6, 6.07) is 18.4. The van der Waals surface area contributed by atoms with E-state index in [-0.39, 0.29) is 17.9 Å². The number of benzene rings is 2. The molecule has 2 amide bonds. The van der Waals surface area contributed by atoms with Crippen LogP contribution in [0.15, 0.2) is 54.6 Å². The van der Waals surface area contributed by atoms with Gasteiger partial charge in [-0.05, 0) is 43.7 Å². The van der Waals surface area contributed by atoms with Gasteiger partial charge in [-0.1, -0.05) is 86.3 Å². The molecule has 0 bridgehead atoms. The molecule has 4 nitrogen and oxygen atoms in total. The molecule has 0 spiro atoms. The van der Waals surface area contributed by atoms with Gasteiger partial charge in [0.2, 0.25) is 11.8 Å². The number of carbonyl (C=O) groups excluding carboxylic acids is 2. The van der Waals surface area contributed by atoms with Crippen LogP contribution >= 0.6 is 11.8 Å². The van der Waals surface area contributed by atoms with E-state index in [0.29, 0.717) is 18.7 Å². The predicted molar refractivity (Wildman–Crippen MR) is 138 cm³/mol. The Balaban J connectivity index is 1.64. The third-order valence-corrected chi connectivity index (χ3v) is 7.39. The van der Waals surface area contributed by atoms with Crippen LogP contribution in [0.5, 0.6) is 0 Å². The molecular formula is C28H38N2O2S. The first-order chi connectivity index (χ1) is 16.1. The Bertz CT molecular complexity index is 880. The Morgan fingerprint density at radius 1 is 1.03 bits per heavy atom. The van der Waals surface area contributed by atoms with Crippen LogP contribution in [-0.2, 0) is 21.8 Å². The zero-order chi connectivity index (χ0) is 23.5. The van der Waals surface area contributed by atoms with Crippen molar-refractivity contribution >= 4 is 23.6 Å². The molecule has 0 heterocycles. The van der Waals surface area contributed by atoms with Gasteiger partial charge in [-0.2, -0.15) is 0 Å². The maximum absolute atomic E-state index is 13.3. The van der Waals surface area contributed by atoms with Gasteiger partial charge in [0.1, 0.15) is 6.04 Å². The summed E-state index contributed by atoms with van der Waals surface area (Å²) in [6.45, 7) is 4.65. The normalized spacial score (nSPS) is 15.1. The van der Waals surface area contributed by atoms with E-state index in [1.165, 1.54) is 36.0 Å². The minimum atomic E-state index is -0.414. The van der Waals surface area contributed by atoms with Gasteiger partial charge in [0.15, 0.2) is 0 Å². The number of rotatable bonds is 11. The van der Waals surface area contributed by atoms with Gasteiger partial charge in [-0.25, -0.2) is 0 Å². The average molecular weight is 467 g/mol. The van der Waals surface area contributed by atoms with Gasteiger partial charge in [0.25, 0.3) is 0 Å². The Hall–Kier alpha value is -2.27. The number of aryl methyl sites for hydroxylation is 1. The van der Waals surface area contributed by atoms with Crippen LogP contribution in [0.3, 0.4) is 0 Å². The van der Waals surface area contributed by atoms with Gasteiger partial charge < -0.3 is 10.2 Å². The van der Waals surface area contributed by atoms with Gasteiger partial charge in [0, 0.05) is 18.3 Å². The van der Waals surface area contributed by atoms with Gasteiger partial charge in [0.05, 0.1) is 5.75 Å². The number of hydrogen-bond donors (Lipinski definition) is 1. The molecule has 2 aromatic carbocycles. The SMILES string of the molecule is CCC(C(=O)NC1CCCCC1)N(CCc1ccccc1)C(=O)CSCc1cccc(C)c1. The molecule has 0 aliphatic heterocycles. The number of hydrogen-bond acceptors (Lipinski definition) is 3. The Labute approximate surface area is 203 Å².